The first kappa shape index (κ1) is 25.7. The van der Waals surface area contributed by atoms with E-state index in [1.807, 2.05) is 48.7 Å². The minimum absolute atomic E-state index is 0.0988. The van der Waals surface area contributed by atoms with E-state index in [1.165, 1.54) is 46.3 Å². The van der Waals surface area contributed by atoms with Gasteiger partial charge in [-0.3, -0.25) is 9.78 Å². The quantitative estimate of drug-likeness (QED) is 0.291. The summed E-state index contributed by atoms with van der Waals surface area (Å²) in [5.74, 6) is -0.0988. The Bertz CT molecular complexity index is 1500. The number of thiocarbonyl (C=S) groups is 1. The van der Waals surface area contributed by atoms with Crippen LogP contribution in [0, 0.1) is 34.6 Å². The monoisotopic (exact) mass is 523 g/mol. The number of nitrogens with zero attached hydrogens (tertiary/aromatic N) is 3. The lowest BCUT2D eigenvalue weighted by Gasteiger charge is -2.28. The van der Waals surface area contributed by atoms with E-state index < -0.39 is 0 Å². The Morgan fingerprint density at radius 2 is 1.66 bits per heavy atom. The van der Waals surface area contributed by atoms with Gasteiger partial charge in [0.25, 0.3) is 0 Å². The van der Waals surface area contributed by atoms with Gasteiger partial charge in [0.15, 0.2) is 5.11 Å². The first-order chi connectivity index (χ1) is 18.2. The molecule has 0 bridgehead atoms. The molecule has 1 aliphatic heterocycles. The predicted molar refractivity (Wildman–Crippen MR) is 158 cm³/mol. The number of aromatic nitrogens is 2. The maximum atomic E-state index is 11.5. The topological polar surface area (TPSA) is 62.2 Å². The van der Waals surface area contributed by atoms with Crippen LogP contribution in [0.5, 0.6) is 0 Å². The highest BCUT2D eigenvalue weighted by Gasteiger charge is 2.42. The minimum atomic E-state index is -0.132. The summed E-state index contributed by atoms with van der Waals surface area (Å²) in [6.07, 6.45) is 1.82. The van der Waals surface area contributed by atoms with Gasteiger partial charge in [-0.2, -0.15) is 0 Å². The summed E-state index contributed by atoms with van der Waals surface area (Å²) in [5, 5.41) is 7.04. The Balaban J connectivity index is 1.66. The predicted octanol–water partition coefficient (Wildman–Crippen LogP) is 6.55. The van der Waals surface area contributed by atoms with Crippen molar-refractivity contribution in [2.24, 2.45) is 0 Å². The molecule has 194 valence electrons. The number of hydrogen-bond acceptors (Lipinski definition) is 3. The molecule has 0 saturated carbocycles. The maximum absolute atomic E-state index is 11.5. The standard InChI is InChI=1S/C31H33N5OS/c1-18-15-19(2)29(20(3)16-18)35-21(4)17-26(22(35)5)30-28(27-9-7-8-14-32-27)34-31(38)36(30)25-12-10-24(11-13-25)33-23(6)37/h7-17,28,30H,1-6H3,(H,33,37)(H,34,38)/t28-,30-/m1/s1. The Morgan fingerprint density at radius 1 is 0.974 bits per heavy atom. The number of rotatable bonds is 5. The zero-order valence-corrected chi connectivity index (χ0v) is 23.5. The van der Waals surface area contributed by atoms with Crippen LogP contribution in [0.2, 0.25) is 0 Å². The third kappa shape index (κ3) is 4.58. The number of aryl methyl sites for hydroxylation is 4. The van der Waals surface area contributed by atoms with E-state index in [4.69, 9.17) is 17.2 Å². The van der Waals surface area contributed by atoms with E-state index in [9.17, 15) is 4.79 Å². The molecule has 4 aromatic rings. The van der Waals surface area contributed by atoms with Crippen molar-refractivity contribution in [1.82, 2.24) is 14.9 Å². The van der Waals surface area contributed by atoms with E-state index in [0.29, 0.717) is 5.11 Å². The number of anilines is 2. The molecule has 2 N–H and O–H groups in total. The molecule has 0 spiro atoms. The average molecular weight is 524 g/mol. The molecular weight excluding hydrogens is 490 g/mol. The summed E-state index contributed by atoms with van der Waals surface area (Å²) in [6, 6.07) is 20.3. The summed E-state index contributed by atoms with van der Waals surface area (Å²) in [5.41, 5.74) is 11.2. The molecule has 5 rings (SSSR count). The highest BCUT2D eigenvalue weighted by molar-refractivity contribution is 7.80. The lowest BCUT2D eigenvalue weighted by Crippen LogP contribution is -2.29. The van der Waals surface area contributed by atoms with Crippen molar-refractivity contribution in [3.8, 4) is 5.69 Å². The molecule has 1 amide bonds. The van der Waals surface area contributed by atoms with Crippen molar-refractivity contribution < 1.29 is 4.79 Å². The summed E-state index contributed by atoms with van der Waals surface area (Å²) in [7, 11) is 0. The average Bonchev–Trinajstić information content (AvgIpc) is 3.35. The third-order valence-corrected chi connectivity index (χ3v) is 7.53. The van der Waals surface area contributed by atoms with Crippen LogP contribution in [0.15, 0.2) is 66.9 Å². The van der Waals surface area contributed by atoms with Crippen LogP contribution in [0.4, 0.5) is 11.4 Å². The number of carbonyl (C=O) groups excluding carboxylic acids is 1. The fourth-order valence-corrected chi connectivity index (χ4v) is 6.16. The zero-order chi connectivity index (χ0) is 27.1. The van der Waals surface area contributed by atoms with Crippen LogP contribution in [0.1, 0.15) is 58.3 Å². The van der Waals surface area contributed by atoms with Gasteiger partial charge in [0.2, 0.25) is 5.91 Å². The molecule has 2 aromatic heterocycles. The molecule has 2 atom stereocenters. The lowest BCUT2D eigenvalue weighted by molar-refractivity contribution is -0.114. The molecule has 0 unspecified atom stereocenters. The second kappa shape index (κ2) is 10.1. The molecule has 2 aromatic carbocycles. The van der Waals surface area contributed by atoms with Crippen molar-refractivity contribution in [1.29, 1.82) is 0 Å². The van der Waals surface area contributed by atoms with Crippen molar-refractivity contribution in [2.45, 2.75) is 53.6 Å². The van der Waals surface area contributed by atoms with E-state index in [1.54, 1.807) is 0 Å². The molecule has 3 heterocycles. The normalized spacial score (nSPS) is 17.0. The van der Waals surface area contributed by atoms with Crippen molar-refractivity contribution in [3.05, 3.63) is 106 Å². The first-order valence-corrected chi connectivity index (χ1v) is 13.2. The number of carbonyl (C=O) groups is 1. The van der Waals surface area contributed by atoms with Gasteiger partial charge in [-0.1, -0.05) is 23.8 Å². The first-order valence-electron chi connectivity index (χ1n) is 12.8. The van der Waals surface area contributed by atoms with Crippen LogP contribution in [0.25, 0.3) is 5.69 Å². The Labute approximate surface area is 229 Å². The van der Waals surface area contributed by atoms with Gasteiger partial charge in [-0.25, -0.2) is 0 Å². The van der Waals surface area contributed by atoms with Crippen LogP contribution in [0.3, 0.4) is 0 Å². The second-order valence-corrected chi connectivity index (χ2v) is 10.5. The Hall–Kier alpha value is -3.97. The van der Waals surface area contributed by atoms with Crippen molar-refractivity contribution in [3.63, 3.8) is 0 Å². The smallest absolute Gasteiger partial charge is 0.221 e. The third-order valence-electron chi connectivity index (χ3n) is 7.21. The fraction of sp³-hybridized carbons (Fsp3) is 0.258. The fourth-order valence-electron chi connectivity index (χ4n) is 5.81. The minimum Gasteiger partial charge on any atom is -0.351 e. The summed E-state index contributed by atoms with van der Waals surface area (Å²) >= 11 is 5.92. The van der Waals surface area contributed by atoms with Crippen LogP contribution >= 0.6 is 12.2 Å². The van der Waals surface area contributed by atoms with Crippen molar-refractivity contribution >= 4 is 34.6 Å². The van der Waals surface area contributed by atoms with Gasteiger partial charge >= 0.3 is 0 Å². The van der Waals surface area contributed by atoms with E-state index >= 15 is 0 Å². The van der Waals surface area contributed by atoms with E-state index in [2.05, 4.69) is 72.9 Å². The highest BCUT2D eigenvalue weighted by Crippen LogP contribution is 2.44. The number of benzene rings is 2. The van der Waals surface area contributed by atoms with E-state index in [-0.39, 0.29) is 18.0 Å². The Morgan fingerprint density at radius 3 is 2.26 bits per heavy atom. The molecule has 1 saturated heterocycles. The maximum Gasteiger partial charge on any atom is 0.221 e. The van der Waals surface area contributed by atoms with Gasteiger partial charge in [-0.05, 0) is 106 Å². The lowest BCUT2D eigenvalue weighted by atomic mass is 9.96. The summed E-state index contributed by atoms with van der Waals surface area (Å²) < 4.78 is 2.37. The van der Waals surface area contributed by atoms with Gasteiger partial charge in [0, 0.05) is 35.9 Å². The molecule has 0 aliphatic carbocycles. The van der Waals surface area contributed by atoms with Gasteiger partial charge < -0.3 is 20.1 Å². The largest absolute Gasteiger partial charge is 0.351 e. The summed E-state index contributed by atoms with van der Waals surface area (Å²) in [6.45, 7) is 12.4. The number of nitrogens with one attached hydrogen (secondary N) is 2. The van der Waals surface area contributed by atoms with Gasteiger partial charge in [-0.15, -0.1) is 0 Å². The van der Waals surface area contributed by atoms with Crippen molar-refractivity contribution in [2.75, 3.05) is 10.2 Å². The van der Waals surface area contributed by atoms with Crippen LogP contribution < -0.4 is 15.5 Å². The van der Waals surface area contributed by atoms with Crippen LogP contribution in [-0.2, 0) is 4.79 Å². The molecule has 6 nitrogen and oxygen atoms in total. The molecule has 1 fully saturated rings. The number of amides is 1. The molecule has 1 aliphatic rings. The van der Waals surface area contributed by atoms with Gasteiger partial charge in [0.1, 0.15) is 0 Å². The number of pyridine rings is 1. The molecule has 0 radical (unpaired) electrons. The Kier molecular flexibility index (Phi) is 6.80. The SMILES string of the molecule is CC(=O)Nc1ccc(N2C(=S)N[C@H](c3ccccn3)[C@H]2c2cc(C)n(-c3c(C)cc(C)cc3C)c2C)cc1. The molecular formula is C31H33N5OS. The van der Waals surface area contributed by atoms with Crippen LogP contribution in [-0.4, -0.2) is 20.6 Å². The second-order valence-electron chi connectivity index (χ2n) is 10.1. The highest BCUT2D eigenvalue weighted by atomic mass is 32.1. The molecule has 38 heavy (non-hydrogen) atoms. The molecule has 7 heteroatoms. The van der Waals surface area contributed by atoms with Gasteiger partial charge in [0.05, 0.1) is 23.5 Å². The summed E-state index contributed by atoms with van der Waals surface area (Å²) in [4.78, 5) is 18.4. The van der Waals surface area contributed by atoms with E-state index in [0.717, 1.165) is 17.1 Å². The zero-order valence-electron chi connectivity index (χ0n) is 22.7. The number of hydrogen-bond donors (Lipinski definition) is 2.